The zero-order valence-corrected chi connectivity index (χ0v) is 11.9. The van der Waals surface area contributed by atoms with Gasteiger partial charge in [-0.05, 0) is 42.8 Å². The SMILES string of the molecule is O=C(CSc1ccc(F)cc1)NCCCn1cccc1. The van der Waals surface area contributed by atoms with Crippen molar-refractivity contribution >= 4 is 17.7 Å². The second-order valence-electron chi connectivity index (χ2n) is 4.37. The maximum Gasteiger partial charge on any atom is 0.230 e. The number of halogens is 1. The van der Waals surface area contributed by atoms with Gasteiger partial charge >= 0.3 is 0 Å². The van der Waals surface area contributed by atoms with Crippen LogP contribution in [0.25, 0.3) is 0 Å². The van der Waals surface area contributed by atoms with Crippen molar-refractivity contribution in [3.8, 4) is 0 Å². The Kier molecular flexibility index (Phi) is 5.68. The van der Waals surface area contributed by atoms with Crippen LogP contribution in [0.3, 0.4) is 0 Å². The molecule has 3 nitrogen and oxygen atoms in total. The van der Waals surface area contributed by atoms with Crippen molar-refractivity contribution in [1.29, 1.82) is 0 Å². The Morgan fingerprint density at radius 2 is 1.90 bits per heavy atom. The minimum absolute atomic E-state index is 0.00633. The Balaban J connectivity index is 1.59. The number of carbonyl (C=O) groups excluding carboxylic acids is 1. The third-order valence-electron chi connectivity index (χ3n) is 2.77. The van der Waals surface area contributed by atoms with Crippen LogP contribution in [0.4, 0.5) is 4.39 Å². The molecule has 5 heteroatoms. The van der Waals surface area contributed by atoms with E-state index in [2.05, 4.69) is 9.88 Å². The summed E-state index contributed by atoms with van der Waals surface area (Å²) in [5, 5.41) is 2.88. The zero-order chi connectivity index (χ0) is 14.2. The number of amides is 1. The molecule has 1 aromatic heterocycles. The van der Waals surface area contributed by atoms with Gasteiger partial charge in [0.2, 0.25) is 5.91 Å². The number of carbonyl (C=O) groups is 1. The van der Waals surface area contributed by atoms with Crippen LogP contribution in [0.15, 0.2) is 53.7 Å². The topological polar surface area (TPSA) is 34.0 Å². The summed E-state index contributed by atoms with van der Waals surface area (Å²) < 4.78 is 14.8. The van der Waals surface area contributed by atoms with Crippen LogP contribution in [0.1, 0.15) is 6.42 Å². The van der Waals surface area contributed by atoms with Gasteiger partial charge in [0.1, 0.15) is 5.82 Å². The molecule has 0 saturated carbocycles. The maximum absolute atomic E-state index is 12.7. The number of hydrogen-bond acceptors (Lipinski definition) is 2. The largest absolute Gasteiger partial charge is 0.355 e. The van der Waals surface area contributed by atoms with E-state index < -0.39 is 0 Å². The molecule has 20 heavy (non-hydrogen) atoms. The number of nitrogens with zero attached hydrogens (tertiary/aromatic N) is 1. The number of thioether (sulfide) groups is 1. The Morgan fingerprint density at radius 3 is 2.60 bits per heavy atom. The predicted molar refractivity (Wildman–Crippen MR) is 79.2 cm³/mol. The molecule has 0 aliphatic heterocycles. The first kappa shape index (κ1) is 14.7. The number of benzene rings is 1. The normalized spacial score (nSPS) is 10.4. The van der Waals surface area contributed by atoms with Crippen molar-refractivity contribution < 1.29 is 9.18 Å². The molecule has 0 aliphatic carbocycles. The fourth-order valence-electron chi connectivity index (χ4n) is 1.74. The average Bonchev–Trinajstić information content (AvgIpc) is 2.96. The van der Waals surface area contributed by atoms with Crippen LogP contribution in [-0.4, -0.2) is 22.8 Å². The monoisotopic (exact) mass is 292 g/mol. The van der Waals surface area contributed by atoms with E-state index in [0.717, 1.165) is 17.9 Å². The van der Waals surface area contributed by atoms with Crippen molar-refractivity contribution in [3.05, 3.63) is 54.6 Å². The van der Waals surface area contributed by atoms with Crippen molar-refractivity contribution in [2.75, 3.05) is 12.3 Å². The molecule has 0 fully saturated rings. The predicted octanol–water partition coefficient (Wildman–Crippen LogP) is 2.93. The van der Waals surface area contributed by atoms with Gasteiger partial charge in [0.05, 0.1) is 5.75 Å². The minimum Gasteiger partial charge on any atom is -0.355 e. The van der Waals surface area contributed by atoms with Crippen LogP contribution in [0.2, 0.25) is 0 Å². The summed E-state index contributed by atoms with van der Waals surface area (Å²) in [6.07, 6.45) is 4.92. The fourth-order valence-corrected chi connectivity index (χ4v) is 2.47. The lowest BCUT2D eigenvalue weighted by Gasteiger charge is -2.06. The Hall–Kier alpha value is -1.75. The first-order valence-electron chi connectivity index (χ1n) is 6.50. The van der Waals surface area contributed by atoms with E-state index >= 15 is 0 Å². The van der Waals surface area contributed by atoms with Gasteiger partial charge in [0.15, 0.2) is 0 Å². The molecule has 1 N–H and O–H groups in total. The quantitative estimate of drug-likeness (QED) is 0.629. The smallest absolute Gasteiger partial charge is 0.230 e. The van der Waals surface area contributed by atoms with Gasteiger partial charge in [-0.2, -0.15) is 0 Å². The van der Waals surface area contributed by atoms with Gasteiger partial charge in [0.25, 0.3) is 0 Å². The van der Waals surface area contributed by atoms with E-state index in [-0.39, 0.29) is 11.7 Å². The molecule has 0 spiro atoms. The summed E-state index contributed by atoms with van der Waals surface area (Å²) in [5.74, 6) is 0.102. The number of aryl methyl sites for hydroxylation is 1. The van der Waals surface area contributed by atoms with Crippen molar-refractivity contribution in [3.63, 3.8) is 0 Å². The lowest BCUT2D eigenvalue weighted by atomic mass is 10.4. The van der Waals surface area contributed by atoms with Crippen LogP contribution >= 0.6 is 11.8 Å². The number of rotatable bonds is 7. The van der Waals surface area contributed by atoms with Crippen LogP contribution in [0.5, 0.6) is 0 Å². The van der Waals surface area contributed by atoms with Crippen molar-refractivity contribution in [1.82, 2.24) is 9.88 Å². The molecule has 0 bridgehead atoms. The molecule has 1 aromatic carbocycles. The molecule has 0 aliphatic rings. The van der Waals surface area contributed by atoms with Crippen LogP contribution in [0, 0.1) is 5.82 Å². The number of hydrogen-bond donors (Lipinski definition) is 1. The standard InChI is InChI=1S/C15H17FN2OS/c16-13-4-6-14(7-5-13)20-12-15(19)17-8-3-11-18-9-1-2-10-18/h1-2,4-7,9-10H,3,8,11-12H2,(H,17,19). The zero-order valence-electron chi connectivity index (χ0n) is 11.1. The van der Waals surface area contributed by atoms with Gasteiger partial charge in [-0.3, -0.25) is 4.79 Å². The first-order valence-corrected chi connectivity index (χ1v) is 7.48. The summed E-state index contributed by atoms with van der Waals surface area (Å²) in [4.78, 5) is 12.5. The van der Waals surface area contributed by atoms with E-state index in [9.17, 15) is 9.18 Å². The molecule has 0 atom stereocenters. The van der Waals surface area contributed by atoms with Crippen molar-refractivity contribution in [2.24, 2.45) is 0 Å². The molecule has 1 heterocycles. The second-order valence-corrected chi connectivity index (χ2v) is 5.42. The Bertz CT molecular complexity index is 525. The lowest BCUT2D eigenvalue weighted by molar-refractivity contribution is -0.118. The fraction of sp³-hybridized carbons (Fsp3) is 0.267. The lowest BCUT2D eigenvalue weighted by Crippen LogP contribution is -2.26. The Labute approximate surface area is 122 Å². The molecule has 106 valence electrons. The van der Waals surface area contributed by atoms with E-state index in [1.54, 1.807) is 12.1 Å². The van der Waals surface area contributed by atoms with Crippen LogP contribution < -0.4 is 5.32 Å². The highest BCUT2D eigenvalue weighted by Gasteiger charge is 2.02. The number of nitrogens with one attached hydrogen (secondary N) is 1. The molecule has 0 saturated heterocycles. The third-order valence-corrected chi connectivity index (χ3v) is 3.78. The molecule has 1 amide bonds. The van der Waals surface area contributed by atoms with Crippen LogP contribution in [-0.2, 0) is 11.3 Å². The van der Waals surface area contributed by atoms with Crippen molar-refractivity contribution in [2.45, 2.75) is 17.9 Å². The van der Waals surface area contributed by atoms with E-state index in [1.165, 1.54) is 23.9 Å². The summed E-state index contributed by atoms with van der Waals surface area (Å²) in [6, 6.07) is 10.1. The van der Waals surface area contributed by atoms with E-state index in [4.69, 9.17) is 0 Å². The van der Waals surface area contributed by atoms with Gasteiger partial charge in [-0.25, -0.2) is 4.39 Å². The van der Waals surface area contributed by atoms with E-state index in [0.29, 0.717) is 12.3 Å². The minimum atomic E-state index is -0.260. The number of aromatic nitrogens is 1. The second kappa shape index (κ2) is 7.75. The summed E-state index contributed by atoms with van der Waals surface area (Å²) >= 11 is 1.41. The molecule has 2 rings (SSSR count). The van der Waals surface area contributed by atoms with Gasteiger partial charge < -0.3 is 9.88 Å². The summed E-state index contributed by atoms with van der Waals surface area (Å²) in [7, 11) is 0. The van der Waals surface area contributed by atoms with Gasteiger partial charge in [-0.15, -0.1) is 11.8 Å². The summed E-state index contributed by atoms with van der Waals surface area (Å²) in [5.41, 5.74) is 0. The first-order chi connectivity index (χ1) is 9.74. The van der Waals surface area contributed by atoms with E-state index in [1.807, 2.05) is 24.5 Å². The third kappa shape index (κ3) is 5.09. The highest BCUT2D eigenvalue weighted by atomic mass is 32.2. The van der Waals surface area contributed by atoms with Gasteiger partial charge in [-0.1, -0.05) is 0 Å². The molecule has 2 aromatic rings. The molecule has 0 unspecified atom stereocenters. The highest BCUT2D eigenvalue weighted by molar-refractivity contribution is 8.00. The highest BCUT2D eigenvalue weighted by Crippen LogP contribution is 2.17. The average molecular weight is 292 g/mol. The summed E-state index contributed by atoms with van der Waals surface area (Å²) in [6.45, 7) is 1.57. The Morgan fingerprint density at radius 1 is 1.20 bits per heavy atom. The molecule has 0 radical (unpaired) electrons. The molecular weight excluding hydrogens is 275 g/mol. The maximum atomic E-state index is 12.7. The van der Waals surface area contributed by atoms with Gasteiger partial charge in [0, 0.05) is 30.4 Å². The molecular formula is C15H17FN2OS.